The molecule has 212 valence electrons. The number of benzene rings is 4. The Bertz CT molecular complexity index is 1880. The summed E-state index contributed by atoms with van der Waals surface area (Å²) in [4.78, 5) is 26.8. The highest BCUT2D eigenvalue weighted by molar-refractivity contribution is 6.30. The van der Waals surface area contributed by atoms with Gasteiger partial charge in [-0.15, -0.1) is 0 Å². The summed E-state index contributed by atoms with van der Waals surface area (Å²) >= 11 is 6.11. The van der Waals surface area contributed by atoms with E-state index in [4.69, 9.17) is 11.6 Å². The number of carbonyl (C=O) groups is 1. The van der Waals surface area contributed by atoms with Gasteiger partial charge >= 0.3 is 5.97 Å². The zero-order chi connectivity index (χ0) is 29.5. The second-order valence-corrected chi connectivity index (χ2v) is 10.5. The van der Waals surface area contributed by atoms with E-state index in [0.29, 0.717) is 24.2 Å². The number of fused-ring (bicyclic) bond motifs is 1. The lowest BCUT2D eigenvalue weighted by Gasteiger charge is -2.41. The summed E-state index contributed by atoms with van der Waals surface area (Å²) in [6.07, 6.45) is 0.978. The molecular formula is C32H23ClF3N3O3. The molecule has 5 aromatic rings. The van der Waals surface area contributed by atoms with E-state index in [1.54, 1.807) is 12.1 Å². The molecule has 0 spiro atoms. The number of hydrogen-bond donors (Lipinski definition) is 2. The van der Waals surface area contributed by atoms with Crippen molar-refractivity contribution >= 4 is 34.2 Å². The SMILES string of the molecule is O=C(O)c1cn(-c2ccc(F)cc2F)c2cc(N3CC(c4ccccc4)NC(c4ccc(Cl)cc4)C3)c(F)cc2c1=O. The molecule has 0 saturated carbocycles. The Morgan fingerprint density at radius 2 is 1.48 bits per heavy atom. The average Bonchev–Trinajstić information content (AvgIpc) is 2.98. The van der Waals surface area contributed by atoms with Crippen LogP contribution in [0.25, 0.3) is 16.6 Å². The molecule has 1 aromatic heterocycles. The van der Waals surface area contributed by atoms with Gasteiger partial charge < -0.3 is 14.6 Å². The van der Waals surface area contributed by atoms with Crippen molar-refractivity contribution in [1.29, 1.82) is 0 Å². The zero-order valence-corrected chi connectivity index (χ0v) is 22.7. The summed E-state index contributed by atoms with van der Waals surface area (Å²) in [5.74, 6) is -4.10. The maximum absolute atomic E-state index is 15.9. The fraction of sp³-hybridized carbons (Fsp3) is 0.125. The largest absolute Gasteiger partial charge is 0.477 e. The van der Waals surface area contributed by atoms with Crippen LogP contribution in [0.15, 0.2) is 95.9 Å². The van der Waals surface area contributed by atoms with E-state index in [-0.39, 0.29) is 34.4 Å². The van der Waals surface area contributed by atoms with Crippen molar-refractivity contribution in [1.82, 2.24) is 9.88 Å². The maximum atomic E-state index is 15.9. The maximum Gasteiger partial charge on any atom is 0.341 e. The van der Waals surface area contributed by atoms with Crippen LogP contribution in [-0.4, -0.2) is 28.7 Å². The molecular weight excluding hydrogens is 567 g/mol. The Morgan fingerprint density at radius 3 is 2.12 bits per heavy atom. The van der Waals surface area contributed by atoms with Crippen LogP contribution in [0.4, 0.5) is 18.9 Å². The molecule has 1 saturated heterocycles. The van der Waals surface area contributed by atoms with Crippen molar-refractivity contribution < 1.29 is 23.1 Å². The van der Waals surface area contributed by atoms with Gasteiger partial charge in [-0.25, -0.2) is 18.0 Å². The van der Waals surface area contributed by atoms with Crippen LogP contribution >= 0.6 is 11.6 Å². The van der Waals surface area contributed by atoms with Crippen molar-refractivity contribution in [2.24, 2.45) is 0 Å². The van der Waals surface area contributed by atoms with Crippen molar-refractivity contribution in [3.8, 4) is 5.69 Å². The van der Waals surface area contributed by atoms with Gasteiger partial charge in [0.1, 0.15) is 23.0 Å². The van der Waals surface area contributed by atoms with Crippen LogP contribution in [0.3, 0.4) is 0 Å². The van der Waals surface area contributed by atoms with E-state index >= 15 is 4.39 Å². The summed E-state index contributed by atoms with van der Waals surface area (Å²) in [7, 11) is 0. The molecule has 10 heteroatoms. The van der Waals surface area contributed by atoms with Crippen LogP contribution in [0.2, 0.25) is 5.02 Å². The number of rotatable bonds is 5. The van der Waals surface area contributed by atoms with E-state index < -0.39 is 34.4 Å². The molecule has 6 rings (SSSR count). The molecule has 0 bridgehead atoms. The lowest BCUT2D eigenvalue weighted by molar-refractivity contribution is 0.0695. The minimum absolute atomic E-state index is 0.0738. The normalized spacial score (nSPS) is 17.0. The quantitative estimate of drug-likeness (QED) is 0.240. The molecule has 0 amide bonds. The van der Waals surface area contributed by atoms with Crippen molar-refractivity contribution in [2.45, 2.75) is 12.1 Å². The molecule has 1 fully saturated rings. The fourth-order valence-electron chi connectivity index (χ4n) is 5.45. The fourth-order valence-corrected chi connectivity index (χ4v) is 5.57. The van der Waals surface area contributed by atoms with E-state index in [0.717, 1.165) is 40.1 Å². The number of anilines is 1. The van der Waals surface area contributed by atoms with E-state index in [1.165, 1.54) is 6.07 Å². The average molecular weight is 590 g/mol. The third kappa shape index (κ3) is 5.13. The van der Waals surface area contributed by atoms with Gasteiger partial charge in [0.15, 0.2) is 0 Å². The Hall–Kier alpha value is -4.60. The molecule has 4 aromatic carbocycles. The Balaban J connectivity index is 1.53. The van der Waals surface area contributed by atoms with Gasteiger partial charge in [-0.05, 0) is 47.5 Å². The first-order valence-electron chi connectivity index (χ1n) is 13.1. The highest BCUT2D eigenvalue weighted by Crippen LogP contribution is 2.34. The highest BCUT2D eigenvalue weighted by atomic mass is 35.5. The van der Waals surface area contributed by atoms with Gasteiger partial charge in [0.2, 0.25) is 5.43 Å². The summed E-state index contributed by atoms with van der Waals surface area (Å²) in [6.45, 7) is 0.703. The number of pyridine rings is 1. The van der Waals surface area contributed by atoms with Crippen LogP contribution < -0.4 is 15.6 Å². The number of nitrogens with one attached hydrogen (secondary N) is 1. The van der Waals surface area contributed by atoms with Crippen molar-refractivity contribution in [3.05, 3.63) is 141 Å². The number of hydrogen-bond acceptors (Lipinski definition) is 4. The number of piperazine rings is 1. The number of aromatic carboxylic acids is 1. The predicted octanol–water partition coefficient (Wildman–Crippen LogP) is 6.65. The highest BCUT2D eigenvalue weighted by Gasteiger charge is 2.31. The summed E-state index contributed by atoms with van der Waals surface area (Å²) in [5, 5.41) is 13.6. The van der Waals surface area contributed by atoms with E-state index in [2.05, 4.69) is 5.32 Å². The third-order valence-corrected chi connectivity index (χ3v) is 7.75. The second-order valence-electron chi connectivity index (χ2n) is 10.1. The van der Waals surface area contributed by atoms with Gasteiger partial charge in [-0.1, -0.05) is 54.1 Å². The zero-order valence-electron chi connectivity index (χ0n) is 21.9. The molecule has 0 aliphatic carbocycles. The first-order chi connectivity index (χ1) is 20.2. The van der Waals surface area contributed by atoms with E-state index in [9.17, 15) is 23.5 Å². The number of halogens is 4. The predicted molar refractivity (Wildman–Crippen MR) is 155 cm³/mol. The molecule has 6 nitrogen and oxygen atoms in total. The molecule has 2 N–H and O–H groups in total. The van der Waals surface area contributed by atoms with Gasteiger partial charge in [0.05, 0.1) is 29.0 Å². The lowest BCUT2D eigenvalue weighted by Crippen LogP contribution is -2.48. The van der Waals surface area contributed by atoms with Crippen molar-refractivity contribution in [2.75, 3.05) is 18.0 Å². The monoisotopic (exact) mass is 589 g/mol. The van der Waals surface area contributed by atoms with Crippen LogP contribution in [0.5, 0.6) is 0 Å². The van der Waals surface area contributed by atoms with Gasteiger partial charge in [0.25, 0.3) is 0 Å². The Morgan fingerprint density at radius 1 is 0.833 bits per heavy atom. The molecule has 0 radical (unpaired) electrons. The Labute approximate surface area is 243 Å². The van der Waals surface area contributed by atoms with Gasteiger partial charge in [-0.3, -0.25) is 10.1 Å². The first-order valence-corrected chi connectivity index (χ1v) is 13.5. The summed E-state index contributed by atoms with van der Waals surface area (Å²) in [5.41, 5.74) is 0.354. The Kier molecular flexibility index (Phi) is 7.22. The van der Waals surface area contributed by atoms with E-state index in [1.807, 2.05) is 47.4 Å². The second kappa shape index (κ2) is 11.0. The lowest BCUT2D eigenvalue weighted by atomic mass is 9.97. The minimum atomic E-state index is -1.55. The smallest absolute Gasteiger partial charge is 0.341 e. The summed E-state index contributed by atoms with van der Waals surface area (Å²) < 4.78 is 45.7. The van der Waals surface area contributed by atoms with Crippen LogP contribution in [0, 0.1) is 17.5 Å². The van der Waals surface area contributed by atoms with Gasteiger partial charge in [0, 0.05) is 35.8 Å². The standard InChI is InChI=1S/C32H23ClF3N3O3/c33-20-8-6-19(7-9-20)27-17-38(16-26(37-27)18-4-2-1-3-5-18)30-14-29-22(13-25(30)36)31(40)23(32(41)42)15-39(29)28-11-10-21(34)12-24(28)35/h1-15,26-27,37H,16-17H2,(H,41,42). The molecule has 2 unspecified atom stereocenters. The molecule has 2 heterocycles. The molecule has 2 atom stereocenters. The molecule has 1 aliphatic rings. The topological polar surface area (TPSA) is 74.6 Å². The number of carboxylic acids is 1. The molecule has 1 aliphatic heterocycles. The number of carboxylic acid groups (broad SMARTS) is 1. The van der Waals surface area contributed by atoms with Gasteiger partial charge in [-0.2, -0.15) is 0 Å². The minimum Gasteiger partial charge on any atom is -0.477 e. The van der Waals surface area contributed by atoms with Crippen LogP contribution in [0.1, 0.15) is 33.6 Å². The molecule has 42 heavy (non-hydrogen) atoms. The summed E-state index contributed by atoms with van der Waals surface area (Å²) in [6, 6.07) is 21.8. The first kappa shape index (κ1) is 27.6. The van der Waals surface area contributed by atoms with Crippen molar-refractivity contribution in [3.63, 3.8) is 0 Å². The number of nitrogens with zero attached hydrogens (tertiary/aromatic N) is 2. The number of aromatic nitrogens is 1. The van der Waals surface area contributed by atoms with Crippen LogP contribution in [-0.2, 0) is 0 Å². The third-order valence-electron chi connectivity index (χ3n) is 7.50.